The highest BCUT2D eigenvalue weighted by Gasteiger charge is 2.56. The summed E-state index contributed by atoms with van der Waals surface area (Å²) in [5, 5.41) is 0. The zero-order chi connectivity index (χ0) is 10.2. The molecule has 5 rings (SSSR count). The molecule has 6 atom stereocenters. The third kappa shape index (κ3) is 0.930. The highest BCUT2D eigenvalue weighted by molar-refractivity contribution is 7.91. The van der Waals surface area contributed by atoms with Gasteiger partial charge >= 0.3 is 0 Å². The summed E-state index contributed by atoms with van der Waals surface area (Å²) in [6, 6.07) is 0. The molecular formula is C12H14O2S. The predicted octanol–water partition coefficient (Wildman–Crippen LogP) is 1.27. The predicted molar refractivity (Wildman–Crippen MR) is 57.9 cm³/mol. The number of hydrogen-bond acceptors (Lipinski definition) is 2. The first-order chi connectivity index (χ1) is 7.16. The van der Waals surface area contributed by atoms with Crippen molar-refractivity contribution < 1.29 is 8.42 Å². The van der Waals surface area contributed by atoms with Crippen LogP contribution in [-0.4, -0.2) is 19.9 Å². The number of sulfone groups is 1. The van der Waals surface area contributed by atoms with Crippen molar-refractivity contribution in [3.8, 4) is 0 Å². The van der Waals surface area contributed by atoms with Gasteiger partial charge in [0.2, 0.25) is 0 Å². The van der Waals surface area contributed by atoms with Crippen LogP contribution >= 0.6 is 0 Å². The second-order valence-corrected chi connectivity index (χ2v) is 7.64. The summed E-state index contributed by atoms with van der Waals surface area (Å²) in [5.74, 6) is 4.11. The van der Waals surface area contributed by atoms with Crippen molar-refractivity contribution in [1.82, 2.24) is 0 Å². The molecule has 5 aliphatic rings. The molecule has 0 aromatic rings. The molecule has 1 saturated carbocycles. The molecule has 0 amide bonds. The van der Waals surface area contributed by atoms with Crippen LogP contribution in [-0.2, 0) is 9.84 Å². The summed E-state index contributed by atoms with van der Waals surface area (Å²) in [6.07, 6.45) is 9.15. The van der Waals surface area contributed by atoms with Crippen LogP contribution in [0, 0.1) is 35.5 Å². The fourth-order valence-corrected chi connectivity index (χ4v) is 6.45. The van der Waals surface area contributed by atoms with Gasteiger partial charge in [-0.2, -0.15) is 0 Å². The van der Waals surface area contributed by atoms with E-state index in [4.69, 9.17) is 0 Å². The Hall–Kier alpha value is -0.570. The van der Waals surface area contributed by atoms with E-state index in [0.717, 1.165) is 0 Å². The maximum absolute atomic E-state index is 11.7. The zero-order valence-corrected chi connectivity index (χ0v) is 9.23. The minimum absolute atomic E-state index is 0.427. The first-order valence-corrected chi connectivity index (χ1v) is 7.55. The van der Waals surface area contributed by atoms with Gasteiger partial charge < -0.3 is 0 Å². The Labute approximate surface area is 90.0 Å². The Balaban J connectivity index is 1.82. The van der Waals surface area contributed by atoms with Crippen molar-refractivity contribution >= 4 is 9.84 Å². The molecule has 0 radical (unpaired) electrons. The molecular weight excluding hydrogens is 208 g/mol. The molecule has 0 N–H and O–H groups in total. The lowest BCUT2D eigenvalue weighted by molar-refractivity contribution is 0.0672. The van der Waals surface area contributed by atoms with Gasteiger partial charge in [-0.3, -0.25) is 0 Å². The normalized spacial score (nSPS) is 57.3. The van der Waals surface area contributed by atoms with Crippen molar-refractivity contribution in [2.24, 2.45) is 35.5 Å². The van der Waals surface area contributed by atoms with Crippen LogP contribution in [0.4, 0.5) is 0 Å². The summed E-state index contributed by atoms with van der Waals surface area (Å²) >= 11 is 0. The lowest BCUT2D eigenvalue weighted by Gasteiger charge is -2.53. The molecule has 1 heterocycles. The first-order valence-electron chi connectivity index (χ1n) is 5.73. The first kappa shape index (κ1) is 8.57. The molecule has 0 aromatic carbocycles. The van der Waals surface area contributed by atoms with Gasteiger partial charge in [0.05, 0.1) is 11.5 Å². The maximum atomic E-state index is 11.7. The van der Waals surface area contributed by atoms with E-state index in [-0.39, 0.29) is 0 Å². The highest BCUT2D eigenvalue weighted by atomic mass is 32.2. The average Bonchev–Trinajstić information content (AvgIpc) is 2.42. The molecule has 3 heteroatoms. The largest absolute Gasteiger partial charge is 0.229 e. The van der Waals surface area contributed by atoms with Crippen molar-refractivity contribution in [1.29, 1.82) is 0 Å². The van der Waals surface area contributed by atoms with E-state index in [1.54, 1.807) is 0 Å². The van der Waals surface area contributed by atoms with Crippen molar-refractivity contribution in [3.63, 3.8) is 0 Å². The molecule has 2 fully saturated rings. The van der Waals surface area contributed by atoms with Gasteiger partial charge in [0.1, 0.15) is 0 Å². The summed E-state index contributed by atoms with van der Waals surface area (Å²) in [7, 11) is -2.74. The lowest BCUT2D eigenvalue weighted by atomic mass is 9.50. The SMILES string of the molecule is O=S1(=O)C[C@@H]2[C@@H]3C=C[C@H]([C@H]4C=C[C@@H]43)[C@@H]2C1. The van der Waals surface area contributed by atoms with E-state index < -0.39 is 9.84 Å². The molecule has 0 aromatic heterocycles. The van der Waals surface area contributed by atoms with Crippen LogP contribution in [0.25, 0.3) is 0 Å². The van der Waals surface area contributed by atoms with Crippen molar-refractivity contribution in [3.05, 3.63) is 24.3 Å². The molecule has 0 spiro atoms. The number of allylic oxidation sites excluding steroid dienone is 4. The van der Waals surface area contributed by atoms with E-state index in [0.29, 0.717) is 47.0 Å². The van der Waals surface area contributed by atoms with E-state index >= 15 is 0 Å². The topological polar surface area (TPSA) is 34.1 Å². The molecule has 2 bridgehead atoms. The van der Waals surface area contributed by atoms with Gasteiger partial charge in [0.25, 0.3) is 0 Å². The zero-order valence-electron chi connectivity index (χ0n) is 8.41. The molecule has 0 unspecified atom stereocenters. The van der Waals surface area contributed by atoms with E-state index in [1.165, 1.54) is 0 Å². The molecule has 1 saturated heterocycles. The molecule has 1 aliphatic heterocycles. The van der Waals surface area contributed by atoms with Crippen LogP contribution < -0.4 is 0 Å². The van der Waals surface area contributed by atoms with Crippen molar-refractivity contribution in [2.75, 3.05) is 11.5 Å². The van der Waals surface area contributed by atoms with Crippen LogP contribution in [0.3, 0.4) is 0 Å². The van der Waals surface area contributed by atoms with E-state index in [1.807, 2.05) is 0 Å². The summed E-state index contributed by atoms with van der Waals surface area (Å²) in [6.45, 7) is 0. The van der Waals surface area contributed by atoms with Gasteiger partial charge in [-0.1, -0.05) is 24.3 Å². The Bertz CT molecular complexity index is 438. The Morgan fingerprint density at radius 3 is 1.53 bits per heavy atom. The maximum Gasteiger partial charge on any atom is 0.150 e. The fourth-order valence-electron chi connectivity index (χ4n) is 4.20. The van der Waals surface area contributed by atoms with Crippen molar-refractivity contribution in [2.45, 2.75) is 0 Å². The second-order valence-electron chi connectivity index (χ2n) is 5.48. The van der Waals surface area contributed by atoms with Crippen LogP contribution in [0.5, 0.6) is 0 Å². The van der Waals surface area contributed by atoms with Crippen LogP contribution in [0.1, 0.15) is 0 Å². The molecule has 15 heavy (non-hydrogen) atoms. The lowest BCUT2D eigenvalue weighted by Crippen LogP contribution is -2.49. The third-order valence-corrected chi connectivity index (χ3v) is 6.66. The van der Waals surface area contributed by atoms with Gasteiger partial charge in [0.15, 0.2) is 9.84 Å². The van der Waals surface area contributed by atoms with Gasteiger partial charge in [-0.15, -0.1) is 0 Å². The van der Waals surface area contributed by atoms with Crippen LogP contribution in [0.15, 0.2) is 24.3 Å². The monoisotopic (exact) mass is 222 g/mol. The fraction of sp³-hybridized carbons (Fsp3) is 0.667. The standard InChI is InChI=1S/C12H14O2S/c13-15(14)5-11-9-3-4-10(12(11)6-15)8-2-1-7(8)9/h1-4,7-12H,5-6H2/t7-,8-,9+,10+,11-,12+/m0/s1. The quantitative estimate of drug-likeness (QED) is 0.578. The van der Waals surface area contributed by atoms with Crippen LogP contribution in [0.2, 0.25) is 0 Å². The summed E-state index contributed by atoms with van der Waals surface area (Å²) in [5.41, 5.74) is 0. The molecule has 4 aliphatic carbocycles. The summed E-state index contributed by atoms with van der Waals surface area (Å²) < 4.78 is 23.4. The number of rotatable bonds is 0. The van der Waals surface area contributed by atoms with E-state index in [9.17, 15) is 8.42 Å². The summed E-state index contributed by atoms with van der Waals surface area (Å²) in [4.78, 5) is 0. The van der Waals surface area contributed by atoms with Gasteiger partial charge in [0, 0.05) is 0 Å². The minimum Gasteiger partial charge on any atom is -0.229 e. The minimum atomic E-state index is -2.74. The average molecular weight is 222 g/mol. The highest BCUT2D eigenvalue weighted by Crippen LogP contribution is 2.58. The second kappa shape index (κ2) is 2.40. The van der Waals surface area contributed by atoms with Gasteiger partial charge in [-0.25, -0.2) is 8.42 Å². The van der Waals surface area contributed by atoms with Gasteiger partial charge in [-0.05, 0) is 35.5 Å². The Morgan fingerprint density at radius 2 is 1.13 bits per heavy atom. The molecule has 80 valence electrons. The Kier molecular flexibility index (Phi) is 1.37. The van der Waals surface area contributed by atoms with E-state index in [2.05, 4.69) is 24.3 Å². The smallest absolute Gasteiger partial charge is 0.150 e. The Morgan fingerprint density at radius 1 is 0.733 bits per heavy atom. The third-order valence-electron chi connectivity index (χ3n) is 4.88. The number of hydrogen-bond donors (Lipinski definition) is 0. The molecule has 2 nitrogen and oxygen atoms in total.